The molecule has 0 aliphatic carbocycles. The Hall–Kier alpha value is -2.91. The molecule has 0 saturated carbocycles. The number of aliphatic hydroxyl groups excluding tert-OH is 1. The summed E-state index contributed by atoms with van der Waals surface area (Å²) in [5.74, 6) is -1.35. The second kappa shape index (κ2) is 7.49. The van der Waals surface area contributed by atoms with E-state index in [-0.39, 0.29) is 16.4 Å². The fraction of sp³-hybridized carbons (Fsp3) is 0.300. The van der Waals surface area contributed by atoms with Crippen LogP contribution in [0.4, 0.5) is 11.4 Å². The number of sulfone groups is 1. The van der Waals surface area contributed by atoms with Gasteiger partial charge in [-0.05, 0) is 48.0 Å². The third kappa shape index (κ3) is 3.96. The van der Waals surface area contributed by atoms with Gasteiger partial charge in [-0.3, -0.25) is 14.5 Å². The van der Waals surface area contributed by atoms with E-state index in [2.05, 4.69) is 5.32 Å². The standard InChI is InChI=1S/C20H23N3O5S/c1-11-18(22-14-5-7-15(8-6-14)29(3,27)28)16-10-13(19(21)25)4-9-17(16)23(12(2)24)20(11)26/h4-11,18,20,22,26H,1-3H3,(H2,21,25)/t11-,18-,20+/m1/s1. The molecule has 2 amide bonds. The summed E-state index contributed by atoms with van der Waals surface area (Å²) in [6, 6.07) is 10.5. The van der Waals surface area contributed by atoms with Gasteiger partial charge >= 0.3 is 0 Å². The predicted molar refractivity (Wildman–Crippen MR) is 109 cm³/mol. The van der Waals surface area contributed by atoms with Crippen molar-refractivity contribution in [1.29, 1.82) is 0 Å². The molecular weight excluding hydrogens is 394 g/mol. The van der Waals surface area contributed by atoms with Crippen molar-refractivity contribution in [2.75, 3.05) is 16.5 Å². The number of hydrogen-bond acceptors (Lipinski definition) is 6. The Morgan fingerprint density at radius 1 is 1.14 bits per heavy atom. The number of fused-ring (bicyclic) bond motifs is 1. The van der Waals surface area contributed by atoms with Crippen LogP contribution in [0.25, 0.3) is 0 Å². The van der Waals surface area contributed by atoms with E-state index in [0.29, 0.717) is 16.9 Å². The van der Waals surface area contributed by atoms with E-state index in [4.69, 9.17) is 5.73 Å². The van der Waals surface area contributed by atoms with Gasteiger partial charge in [0.25, 0.3) is 0 Å². The zero-order valence-electron chi connectivity index (χ0n) is 16.3. The molecule has 1 heterocycles. The van der Waals surface area contributed by atoms with E-state index < -0.39 is 33.9 Å². The molecule has 1 aliphatic heterocycles. The topological polar surface area (TPSA) is 130 Å². The van der Waals surface area contributed by atoms with Crippen LogP contribution in [-0.2, 0) is 14.6 Å². The van der Waals surface area contributed by atoms with Crippen LogP contribution in [0.3, 0.4) is 0 Å². The van der Waals surface area contributed by atoms with E-state index in [1.54, 1.807) is 31.2 Å². The molecule has 2 aromatic rings. The van der Waals surface area contributed by atoms with Gasteiger partial charge < -0.3 is 16.2 Å². The molecule has 0 unspecified atom stereocenters. The van der Waals surface area contributed by atoms with Gasteiger partial charge in [-0.25, -0.2) is 8.42 Å². The van der Waals surface area contributed by atoms with Crippen LogP contribution in [0.1, 0.15) is 35.8 Å². The summed E-state index contributed by atoms with van der Waals surface area (Å²) < 4.78 is 23.3. The second-order valence-electron chi connectivity index (χ2n) is 7.22. The molecular formula is C20H23N3O5S. The van der Waals surface area contributed by atoms with E-state index in [1.165, 1.54) is 30.0 Å². The van der Waals surface area contributed by atoms with Crippen molar-refractivity contribution in [3.8, 4) is 0 Å². The van der Waals surface area contributed by atoms with Crippen molar-refractivity contribution >= 4 is 33.0 Å². The smallest absolute Gasteiger partial charge is 0.248 e. The fourth-order valence-corrected chi connectivity index (χ4v) is 4.18. The fourth-order valence-electron chi connectivity index (χ4n) is 3.55. The molecule has 2 aromatic carbocycles. The van der Waals surface area contributed by atoms with Crippen molar-refractivity contribution < 1.29 is 23.1 Å². The minimum absolute atomic E-state index is 0.193. The van der Waals surface area contributed by atoms with E-state index >= 15 is 0 Å². The zero-order chi connectivity index (χ0) is 21.5. The predicted octanol–water partition coefficient (Wildman–Crippen LogP) is 1.66. The van der Waals surface area contributed by atoms with E-state index in [9.17, 15) is 23.1 Å². The van der Waals surface area contributed by atoms with Crippen LogP contribution in [0.15, 0.2) is 47.4 Å². The van der Waals surface area contributed by atoms with Gasteiger partial charge in [0.1, 0.15) is 6.23 Å². The first-order chi connectivity index (χ1) is 13.5. The molecule has 9 heteroatoms. The summed E-state index contributed by atoms with van der Waals surface area (Å²) in [6.45, 7) is 3.14. The molecule has 3 atom stereocenters. The number of aliphatic hydroxyl groups is 1. The number of nitrogens with zero attached hydrogens (tertiary/aromatic N) is 1. The van der Waals surface area contributed by atoms with Gasteiger partial charge in [0, 0.05) is 30.3 Å². The number of nitrogens with one attached hydrogen (secondary N) is 1. The lowest BCUT2D eigenvalue weighted by atomic mass is 9.85. The average molecular weight is 417 g/mol. The summed E-state index contributed by atoms with van der Waals surface area (Å²) >= 11 is 0. The van der Waals surface area contributed by atoms with Crippen LogP contribution < -0.4 is 16.0 Å². The van der Waals surface area contributed by atoms with Crippen LogP contribution >= 0.6 is 0 Å². The Kier molecular flexibility index (Phi) is 5.38. The second-order valence-corrected chi connectivity index (χ2v) is 9.23. The molecule has 29 heavy (non-hydrogen) atoms. The normalized spacial score (nSPS) is 21.4. The van der Waals surface area contributed by atoms with Gasteiger partial charge in [0.2, 0.25) is 11.8 Å². The van der Waals surface area contributed by atoms with Crippen LogP contribution in [0.5, 0.6) is 0 Å². The van der Waals surface area contributed by atoms with Gasteiger partial charge in [-0.15, -0.1) is 0 Å². The first-order valence-corrected chi connectivity index (χ1v) is 10.9. The number of anilines is 2. The lowest BCUT2D eigenvalue weighted by Gasteiger charge is -2.43. The van der Waals surface area contributed by atoms with Crippen molar-refractivity contribution in [3.05, 3.63) is 53.6 Å². The van der Waals surface area contributed by atoms with Gasteiger partial charge in [-0.2, -0.15) is 0 Å². The Morgan fingerprint density at radius 2 is 1.76 bits per heavy atom. The number of hydrogen-bond donors (Lipinski definition) is 3. The highest BCUT2D eigenvalue weighted by atomic mass is 32.2. The summed E-state index contributed by atoms with van der Waals surface area (Å²) in [5, 5.41) is 14.0. The van der Waals surface area contributed by atoms with Crippen molar-refractivity contribution in [2.45, 2.75) is 31.0 Å². The number of rotatable bonds is 4. The van der Waals surface area contributed by atoms with Gasteiger partial charge in [-0.1, -0.05) is 6.92 Å². The Labute approximate surface area is 169 Å². The first-order valence-electron chi connectivity index (χ1n) is 8.99. The molecule has 0 fully saturated rings. The number of primary amides is 1. The highest BCUT2D eigenvalue weighted by Crippen LogP contribution is 2.42. The molecule has 4 N–H and O–H groups in total. The molecule has 0 radical (unpaired) electrons. The number of nitrogens with two attached hydrogens (primary N) is 1. The molecule has 0 saturated heterocycles. The third-order valence-corrected chi connectivity index (χ3v) is 6.24. The SMILES string of the molecule is CC(=O)N1c2ccc(C(N)=O)cc2[C@H](Nc2ccc(S(C)(=O)=O)cc2)[C@@H](C)[C@@H]1O. The monoisotopic (exact) mass is 417 g/mol. The summed E-state index contributed by atoms with van der Waals surface area (Å²) in [5.41, 5.74) is 7.46. The maximum atomic E-state index is 12.1. The minimum atomic E-state index is -3.32. The molecule has 0 spiro atoms. The molecule has 0 aromatic heterocycles. The average Bonchev–Trinajstić information content (AvgIpc) is 2.64. The van der Waals surface area contributed by atoms with Crippen molar-refractivity contribution in [1.82, 2.24) is 0 Å². The van der Waals surface area contributed by atoms with E-state index in [1.807, 2.05) is 0 Å². The summed E-state index contributed by atoms with van der Waals surface area (Å²) in [7, 11) is -3.32. The third-order valence-electron chi connectivity index (χ3n) is 5.11. The zero-order valence-corrected chi connectivity index (χ0v) is 17.1. The molecule has 1 aliphatic rings. The molecule has 8 nitrogen and oxygen atoms in total. The lowest BCUT2D eigenvalue weighted by Crippen LogP contribution is -2.50. The quantitative estimate of drug-likeness (QED) is 0.694. The number of amides is 2. The lowest BCUT2D eigenvalue weighted by molar-refractivity contribution is -0.119. The maximum absolute atomic E-state index is 12.1. The number of carbonyl (C=O) groups is 2. The summed E-state index contributed by atoms with van der Waals surface area (Å²) in [4.78, 5) is 25.3. The van der Waals surface area contributed by atoms with Crippen LogP contribution in [-0.4, -0.2) is 37.8 Å². The number of carbonyl (C=O) groups excluding carboxylic acids is 2. The van der Waals surface area contributed by atoms with Gasteiger partial charge in [0.15, 0.2) is 9.84 Å². The van der Waals surface area contributed by atoms with Crippen molar-refractivity contribution in [2.24, 2.45) is 11.7 Å². The van der Waals surface area contributed by atoms with Crippen molar-refractivity contribution in [3.63, 3.8) is 0 Å². The first kappa shape index (κ1) is 20.8. The Balaban J connectivity index is 2.06. The van der Waals surface area contributed by atoms with Gasteiger partial charge in [0.05, 0.1) is 16.6 Å². The number of benzene rings is 2. The minimum Gasteiger partial charge on any atom is -0.378 e. The molecule has 154 valence electrons. The Morgan fingerprint density at radius 3 is 2.28 bits per heavy atom. The van der Waals surface area contributed by atoms with Crippen LogP contribution in [0.2, 0.25) is 0 Å². The Bertz CT molecular complexity index is 1070. The highest BCUT2D eigenvalue weighted by Gasteiger charge is 2.39. The molecule has 0 bridgehead atoms. The van der Waals surface area contributed by atoms with Crippen LogP contribution in [0, 0.1) is 5.92 Å². The molecule has 3 rings (SSSR count). The highest BCUT2D eigenvalue weighted by molar-refractivity contribution is 7.90. The van der Waals surface area contributed by atoms with E-state index in [0.717, 1.165) is 6.26 Å². The maximum Gasteiger partial charge on any atom is 0.248 e. The summed E-state index contributed by atoms with van der Waals surface area (Å²) in [6.07, 6.45) is 0.0553. The largest absolute Gasteiger partial charge is 0.378 e.